The summed E-state index contributed by atoms with van der Waals surface area (Å²) in [4.78, 5) is 4.82. The Morgan fingerprint density at radius 3 is 2.46 bits per heavy atom. The van der Waals surface area contributed by atoms with Gasteiger partial charge in [-0.3, -0.25) is 0 Å². The first kappa shape index (κ1) is 18.4. The summed E-state index contributed by atoms with van der Waals surface area (Å²) in [5.74, 6) is 2.73. The van der Waals surface area contributed by atoms with Crippen molar-refractivity contribution in [3.05, 3.63) is 11.7 Å². The van der Waals surface area contributed by atoms with E-state index < -0.39 is 10.0 Å². The number of hydrogen-bond donors (Lipinski definition) is 0. The van der Waals surface area contributed by atoms with Gasteiger partial charge in [-0.15, -0.1) is 0 Å². The van der Waals surface area contributed by atoms with Gasteiger partial charge < -0.3 is 9.26 Å². The van der Waals surface area contributed by atoms with Crippen LogP contribution in [0.3, 0.4) is 0 Å². The fraction of sp³-hybridized carbons (Fsp3) is 0.889. The van der Waals surface area contributed by atoms with E-state index in [0.29, 0.717) is 19.0 Å². The highest BCUT2D eigenvalue weighted by Gasteiger charge is 2.45. The van der Waals surface area contributed by atoms with Gasteiger partial charge in [0.05, 0.1) is 5.75 Å². The predicted octanol–water partition coefficient (Wildman–Crippen LogP) is 2.45. The average Bonchev–Trinajstić information content (AvgIpc) is 3.33. The second-order valence-corrected chi connectivity index (χ2v) is 10.3. The van der Waals surface area contributed by atoms with E-state index in [0.717, 1.165) is 63.0 Å². The molecule has 0 unspecified atom stereocenters. The summed E-state index contributed by atoms with van der Waals surface area (Å²) in [6.07, 6.45) is 7.02. The Hall–Kier alpha value is -0.990. The largest absolute Gasteiger partial charge is 0.381 e. The summed E-state index contributed by atoms with van der Waals surface area (Å²) in [5.41, 5.74) is -0.131. The van der Waals surface area contributed by atoms with Crippen molar-refractivity contribution in [1.82, 2.24) is 14.4 Å². The third-order valence-corrected chi connectivity index (χ3v) is 8.18. The van der Waals surface area contributed by atoms with Gasteiger partial charge in [0.15, 0.2) is 5.82 Å². The number of hydrogen-bond acceptors (Lipinski definition) is 6. The lowest BCUT2D eigenvalue weighted by atomic mass is 9.74. The van der Waals surface area contributed by atoms with Crippen LogP contribution in [0.25, 0.3) is 0 Å². The van der Waals surface area contributed by atoms with Crippen molar-refractivity contribution in [1.29, 1.82) is 0 Å². The molecular formula is C18H29N3O4S. The molecule has 3 aliphatic rings. The van der Waals surface area contributed by atoms with Gasteiger partial charge in [0.2, 0.25) is 15.9 Å². The summed E-state index contributed by atoms with van der Waals surface area (Å²) in [7, 11) is -3.12. The molecule has 0 aromatic carbocycles. The Labute approximate surface area is 155 Å². The van der Waals surface area contributed by atoms with Crippen molar-refractivity contribution in [2.45, 2.75) is 63.2 Å². The second-order valence-electron chi connectivity index (χ2n) is 8.07. The summed E-state index contributed by atoms with van der Waals surface area (Å²) in [6, 6.07) is 0. The minimum absolute atomic E-state index is 0.131. The van der Waals surface area contributed by atoms with Gasteiger partial charge in [-0.1, -0.05) is 18.0 Å². The smallest absolute Gasteiger partial charge is 0.229 e. The van der Waals surface area contributed by atoms with Gasteiger partial charge in [-0.2, -0.15) is 4.98 Å². The second kappa shape index (κ2) is 7.20. The maximum Gasteiger partial charge on any atom is 0.229 e. The lowest BCUT2D eigenvalue weighted by Crippen LogP contribution is -2.46. The summed E-state index contributed by atoms with van der Waals surface area (Å²) in [5, 5.41) is 4.38. The average molecular weight is 384 g/mol. The summed E-state index contributed by atoms with van der Waals surface area (Å²) in [6.45, 7) is 4.33. The number of sulfonamides is 1. The third-order valence-electron chi connectivity index (χ3n) is 6.30. The van der Waals surface area contributed by atoms with Crippen LogP contribution in [0.15, 0.2) is 4.52 Å². The molecule has 8 heteroatoms. The van der Waals surface area contributed by atoms with E-state index >= 15 is 0 Å². The molecule has 0 N–H and O–H groups in total. The first-order valence-electron chi connectivity index (χ1n) is 9.92. The maximum atomic E-state index is 12.2. The van der Waals surface area contributed by atoms with E-state index in [9.17, 15) is 8.42 Å². The quantitative estimate of drug-likeness (QED) is 0.750. The van der Waals surface area contributed by atoms with Crippen LogP contribution in [0.4, 0.5) is 0 Å². The fourth-order valence-corrected chi connectivity index (χ4v) is 5.43. The van der Waals surface area contributed by atoms with Crippen molar-refractivity contribution in [2.75, 3.05) is 32.1 Å². The Kier molecular flexibility index (Phi) is 5.09. The Morgan fingerprint density at radius 2 is 1.85 bits per heavy atom. The van der Waals surface area contributed by atoms with Crippen LogP contribution in [0.5, 0.6) is 0 Å². The minimum atomic E-state index is -3.12. The molecule has 0 spiro atoms. The van der Waals surface area contributed by atoms with Gasteiger partial charge in [-0.25, -0.2) is 12.7 Å². The molecule has 1 aliphatic carbocycles. The highest BCUT2D eigenvalue weighted by Crippen LogP contribution is 2.47. The first-order valence-corrected chi connectivity index (χ1v) is 11.5. The SMILES string of the molecule is CCS(=O)(=O)N1CCC(CC2CC2)(c2noc(C3CCOCC3)n2)CC1. The van der Waals surface area contributed by atoms with Gasteiger partial charge in [-0.05, 0) is 44.9 Å². The lowest BCUT2D eigenvalue weighted by Gasteiger charge is -2.39. The molecule has 0 radical (unpaired) electrons. The zero-order chi connectivity index (χ0) is 18.2. The topological polar surface area (TPSA) is 85.5 Å². The number of piperidine rings is 1. The molecule has 1 saturated carbocycles. The van der Waals surface area contributed by atoms with E-state index in [-0.39, 0.29) is 11.2 Å². The maximum absolute atomic E-state index is 12.2. The minimum Gasteiger partial charge on any atom is -0.381 e. The van der Waals surface area contributed by atoms with Crippen molar-refractivity contribution >= 4 is 10.0 Å². The highest BCUT2D eigenvalue weighted by molar-refractivity contribution is 7.89. The van der Waals surface area contributed by atoms with Crippen molar-refractivity contribution in [2.24, 2.45) is 5.92 Å². The van der Waals surface area contributed by atoms with Crippen LogP contribution in [0, 0.1) is 5.92 Å². The third kappa shape index (κ3) is 3.68. The predicted molar refractivity (Wildman–Crippen MR) is 96.4 cm³/mol. The fourth-order valence-electron chi connectivity index (χ4n) is 4.33. The molecule has 4 rings (SSSR count). The zero-order valence-corrected chi connectivity index (χ0v) is 16.3. The molecule has 1 aromatic rings. The van der Waals surface area contributed by atoms with Gasteiger partial charge in [0.1, 0.15) is 0 Å². The van der Waals surface area contributed by atoms with Crippen LogP contribution in [0.2, 0.25) is 0 Å². The van der Waals surface area contributed by atoms with Crippen LogP contribution >= 0.6 is 0 Å². The van der Waals surface area contributed by atoms with Crippen LogP contribution in [0.1, 0.15) is 69.5 Å². The molecular weight excluding hydrogens is 354 g/mol. The molecule has 3 heterocycles. The van der Waals surface area contributed by atoms with Crippen molar-refractivity contribution < 1.29 is 17.7 Å². The van der Waals surface area contributed by atoms with Crippen LogP contribution < -0.4 is 0 Å². The first-order chi connectivity index (χ1) is 12.5. The van der Waals surface area contributed by atoms with E-state index in [1.54, 1.807) is 11.2 Å². The lowest BCUT2D eigenvalue weighted by molar-refractivity contribution is 0.0778. The van der Waals surface area contributed by atoms with E-state index in [1.807, 2.05) is 0 Å². The number of nitrogens with zero attached hydrogens (tertiary/aromatic N) is 3. The van der Waals surface area contributed by atoms with Crippen molar-refractivity contribution in [3.63, 3.8) is 0 Å². The molecule has 26 heavy (non-hydrogen) atoms. The van der Waals surface area contributed by atoms with Crippen molar-refractivity contribution in [3.8, 4) is 0 Å². The monoisotopic (exact) mass is 383 g/mol. The molecule has 2 aliphatic heterocycles. The van der Waals surface area contributed by atoms with Gasteiger partial charge in [0.25, 0.3) is 0 Å². The molecule has 0 bridgehead atoms. The molecule has 2 saturated heterocycles. The Bertz CT molecular complexity index is 715. The Balaban J connectivity index is 1.53. The Morgan fingerprint density at radius 1 is 1.15 bits per heavy atom. The molecule has 0 amide bonds. The molecule has 0 atom stereocenters. The van der Waals surface area contributed by atoms with Crippen LogP contribution in [-0.2, 0) is 20.2 Å². The molecule has 3 fully saturated rings. The zero-order valence-electron chi connectivity index (χ0n) is 15.5. The van der Waals surface area contributed by atoms with E-state index in [4.69, 9.17) is 14.2 Å². The van der Waals surface area contributed by atoms with E-state index in [2.05, 4.69) is 5.16 Å². The number of rotatable bonds is 6. The number of ether oxygens (including phenoxy) is 1. The normalized spacial score (nSPS) is 25.4. The number of aromatic nitrogens is 2. The van der Waals surface area contributed by atoms with E-state index in [1.165, 1.54) is 12.8 Å². The van der Waals surface area contributed by atoms with Gasteiger partial charge >= 0.3 is 0 Å². The summed E-state index contributed by atoms with van der Waals surface area (Å²) < 4.78 is 37.1. The van der Waals surface area contributed by atoms with Crippen LogP contribution in [-0.4, -0.2) is 54.9 Å². The van der Waals surface area contributed by atoms with Gasteiger partial charge in [0, 0.05) is 37.6 Å². The molecule has 1 aromatic heterocycles. The standard InChI is InChI=1S/C18H29N3O4S/c1-2-26(22,23)21-9-7-18(8-10-21,13-14-3-4-14)17-19-16(25-20-17)15-5-11-24-12-6-15/h14-15H,2-13H2,1H3. The molecule has 146 valence electrons. The molecule has 7 nitrogen and oxygen atoms in total. The summed E-state index contributed by atoms with van der Waals surface area (Å²) >= 11 is 0. The highest BCUT2D eigenvalue weighted by atomic mass is 32.2.